The van der Waals surface area contributed by atoms with E-state index >= 15 is 0 Å². The molecule has 0 bridgehead atoms. The molecule has 1 atom stereocenters. The number of nitrogens with one attached hydrogen (secondary N) is 4. The van der Waals surface area contributed by atoms with Crippen molar-refractivity contribution in [1.82, 2.24) is 10.3 Å². The number of carbonyl (C=O) groups excluding carboxylic acids is 3. The average molecular weight is 609 g/mol. The second-order valence-electron chi connectivity index (χ2n) is 9.66. The van der Waals surface area contributed by atoms with E-state index in [1.54, 1.807) is 72.9 Å². The molecule has 9 heteroatoms. The number of H-pyrrole nitrogens is 1. The number of hydrogen-bond acceptors (Lipinski definition) is 4. The van der Waals surface area contributed by atoms with Crippen LogP contribution in [-0.4, -0.2) is 28.0 Å². The van der Waals surface area contributed by atoms with Gasteiger partial charge in [0.15, 0.2) is 0 Å². The molecule has 3 amide bonds. The number of aromatic nitrogens is 1. The van der Waals surface area contributed by atoms with Crippen LogP contribution in [0.2, 0.25) is 5.02 Å². The van der Waals surface area contributed by atoms with Crippen molar-refractivity contribution in [2.45, 2.75) is 23.5 Å². The lowest BCUT2D eigenvalue weighted by atomic mass is 10.1. The molecule has 1 aromatic heterocycles. The third kappa shape index (κ3) is 7.74. The molecule has 0 spiro atoms. The van der Waals surface area contributed by atoms with Crippen LogP contribution >= 0.6 is 23.4 Å². The minimum atomic E-state index is -0.484. The third-order valence-electron chi connectivity index (χ3n) is 6.58. The summed E-state index contributed by atoms with van der Waals surface area (Å²) < 4.78 is 0. The number of carbonyl (C=O) groups is 3. The Kier molecular flexibility index (Phi) is 9.61. The van der Waals surface area contributed by atoms with Crippen molar-refractivity contribution in [3.63, 3.8) is 0 Å². The van der Waals surface area contributed by atoms with Gasteiger partial charge in [-0.1, -0.05) is 67.1 Å². The van der Waals surface area contributed by atoms with Gasteiger partial charge in [0.1, 0.15) is 5.70 Å². The van der Waals surface area contributed by atoms with Crippen LogP contribution in [0.1, 0.15) is 29.3 Å². The topological polar surface area (TPSA) is 103 Å². The monoisotopic (exact) mass is 608 g/mol. The number of para-hydroxylation sites is 1. The van der Waals surface area contributed by atoms with Crippen molar-refractivity contribution < 1.29 is 14.4 Å². The summed E-state index contributed by atoms with van der Waals surface area (Å²) in [5, 5.41) is 9.70. The van der Waals surface area contributed by atoms with E-state index in [4.69, 9.17) is 11.6 Å². The Morgan fingerprint density at radius 1 is 0.860 bits per heavy atom. The first-order valence-electron chi connectivity index (χ1n) is 13.7. The fourth-order valence-corrected chi connectivity index (χ4v) is 5.64. The smallest absolute Gasteiger partial charge is 0.272 e. The summed E-state index contributed by atoms with van der Waals surface area (Å²) in [5.41, 5.74) is 3.35. The maximum atomic E-state index is 13.6. The Bertz CT molecular complexity index is 1800. The first-order chi connectivity index (χ1) is 20.9. The molecule has 5 aromatic rings. The SMILES string of the molecule is CCC(Sc1cccc(NC(=O)/C(=C/c2c[nH]c3ccccc23)NC(=O)c2ccccc2)c1)C(=O)Nc1cccc(Cl)c1. The Labute approximate surface area is 258 Å². The minimum Gasteiger partial charge on any atom is -0.361 e. The number of rotatable bonds is 10. The molecule has 0 saturated carbocycles. The van der Waals surface area contributed by atoms with Crippen LogP contribution in [0.15, 0.2) is 120 Å². The molecule has 43 heavy (non-hydrogen) atoms. The first kappa shape index (κ1) is 29.7. The predicted molar refractivity (Wildman–Crippen MR) is 175 cm³/mol. The molecule has 4 aromatic carbocycles. The quantitative estimate of drug-likeness (QED) is 0.0961. The third-order valence-corrected chi connectivity index (χ3v) is 8.17. The molecule has 1 unspecified atom stereocenters. The highest BCUT2D eigenvalue weighted by atomic mass is 35.5. The second kappa shape index (κ2) is 13.9. The van der Waals surface area contributed by atoms with E-state index in [0.29, 0.717) is 28.4 Å². The number of thioether (sulfide) groups is 1. The zero-order valence-electron chi connectivity index (χ0n) is 23.3. The van der Waals surface area contributed by atoms with Crippen molar-refractivity contribution in [2.24, 2.45) is 0 Å². The molecule has 0 aliphatic heterocycles. The molecular weight excluding hydrogens is 580 g/mol. The van der Waals surface area contributed by atoms with Gasteiger partial charge in [-0.05, 0) is 67.1 Å². The second-order valence-corrected chi connectivity index (χ2v) is 11.4. The van der Waals surface area contributed by atoms with Crippen molar-refractivity contribution >= 4 is 69.4 Å². The van der Waals surface area contributed by atoms with Crippen LogP contribution in [0.3, 0.4) is 0 Å². The molecule has 0 saturated heterocycles. The van der Waals surface area contributed by atoms with Gasteiger partial charge < -0.3 is 20.9 Å². The molecule has 1 heterocycles. The molecule has 5 rings (SSSR count). The van der Waals surface area contributed by atoms with E-state index in [9.17, 15) is 14.4 Å². The molecule has 0 radical (unpaired) electrons. The summed E-state index contributed by atoms with van der Waals surface area (Å²) in [7, 11) is 0. The summed E-state index contributed by atoms with van der Waals surface area (Å²) in [6, 6.07) is 30.7. The first-order valence-corrected chi connectivity index (χ1v) is 14.9. The largest absolute Gasteiger partial charge is 0.361 e. The van der Waals surface area contributed by atoms with Crippen LogP contribution in [0.4, 0.5) is 11.4 Å². The fraction of sp³-hybridized carbons (Fsp3) is 0.0882. The van der Waals surface area contributed by atoms with E-state index in [1.165, 1.54) is 11.8 Å². The van der Waals surface area contributed by atoms with Gasteiger partial charge in [-0.15, -0.1) is 11.8 Å². The molecule has 4 N–H and O–H groups in total. The molecule has 0 aliphatic carbocycles. The van der Waals surface area contributed by atoms with Gasteiger partial charge in [-0.2, -0.15) is 0 Å². The normalized spacial score (nSPS) is 12.0. The fourth-order valence-electron chi connectivity index (χ4n) is 4.43. The molecule has 0 aliphatic rings. The summed E-state index contributed by atoms with van der Waals surface area (Å²) >= 11 is 7.46. The van der Waals surface area contributed by atoms with Crippen LogP contribution in [0.5, 0.6) is 0 Å². The van der Waals surface area contributed by atoms with Gasteiger partial charge in [0.2, 0.25) is 5.91 Å². The van der Waals surface area contributed by atoms with Crippen molar-refractivity contribution in [1.29, 1.82) is 0 Å². The summed E-state index contributed by atoms with van der Waals surface area (Å²) in [5.74, 6) is -1.03. The number of halogens is 1. The summed E-state index contributed by atoms with van der Waals surface area (Å²) in [4.78, 5) is 43.6. The van der Waals surface area contributed by atoms with Crippen LogP contribution in [0.25, 0.3) is 17.0 Å². The standard InChI is InChI=1S/C34H29ClN4O3S/c1-2-31(34(42)38-25-13-8-12-24(35)19-25)43-27-15-9-14-26(20-27)37-33(41)30(39-32(40)22-10-4-3-5-11-22)18-23-21-36-29-17-7-6-16-28(23)29/h3-21,31,36H,2H2,1H3,(H,37,41)(H,38,42)(H,39,40)/b30-18-. The van der Waals surface area contributed by atoms with E-state index in [0.717, 1.165) is 21.4 Å². The highest BCUT2D eigenvalue weighted by Gasteiger charge is 2.20. The van der Waals surface area contributed by atoms with Gasteiger partial charge in [-0.25, -0.2) is 0 Å². The summed E-state index contributed by atoms with van der Waals surface area (Å²) in [6.45, 7) is 1.94. The number of benzene rings is 4. The summed E-state index contributed by atoms with van der Waals surface area (Å²) in [6.07, 6.45) is 4.04. The predicted octanol–water partition coefficient (Wildman–Crippen LogP) is 7.74. The Morgan fingerprint density at radius 2 is 1.58 bits per heavy atom. The number of aromatic amines is 1. The number of hydrogen-bond donors (Lipinski definition) is 4. The lowest BCUT2D eigenvalue weighted by Crippen LogP contribution is -2.30. The van der Waals surface area contributed by atoms with Crippen LogP contribution < -0.4 is 16.0 Å². The maximum absolute atomic E-state index is 13.6. The zero-order chi connectivity index (χ0) is 30.2. The Hall–Kier alpha value is -4.79. The van der Waals surface area contributed by atoms with Gasteiger partial charge >= 0.3 is 0 Å². The van der Waals surface area contributed by atoms with Crippen LogP contribution in [0, 0.1) is 0 Å². The highest BCUT2D eigenvalue weighted by Crippen LogP contribution is 2.29. The average Bonchev–Trinajstić information content (AvgIpc) is 3.42. The lowest BCUT2D eigenvalue weighted by Gasteiger charge is -2.16. The van der Waals surface area contributed by atoms with E-state index in [2.05, 4.69) is 20.9 Å². The van der Waals surface area contributed by atoms with Gasteiger partial charge in [0, 0.05) is 49.5 Å². The lowest BCUT2D eigenvalue weighted by molar-refractivity contribution is -0.116. The number of amides is 3. The zero-order valence-corrected chi connectivity index (χ0v) is 24.8. The van der Waals surface area contributed by atoms with Gasteiger partial charge in [-0.3, -0.25) is 14.4 Å². The maximum Gasteiger partial charge on any atom is 0.272 e. The minimum absolute atomic E-state index is 0.0870. The molecule has 7 nitrogen and oxygen atoms in total. The van der Waals surface area contributed by atoms with E-state index in [-0.39, 0.29) is 16.9 Å². The molecule has 216 valence electrons. The van der Waals surface area contributed by atoms with Gasteiger partial charge in [0.25, 0.3) is 11.8 Å². The van der Waals surface area contributed by atoms with Crippen molar-refractivity contribution in [3.05, 3.63) is 131 Å². The Morgan fingerprint density at radius 3 is 2.35 bits per heavy atom. The number of anilines is 2. The van der Waals surface area contributed by atoms with E-state index in [1.807, 2.05) is 49.4 Å². The van der Waals surface area contributed by atoms with Crippen molar-refractivity contribution in [3.8, 4) is 0 Å². The van der Waals surface area contributed by atoms with Crippen LogP contribution in [-0.2, 0) is 9.59 Å². The molecule has 0 fully saturated rings. The Balaban J connectivity index is 1.35. The van der Waals surface area contributed by atoms with E-state index < -0.39 is 11.8 Å². The van der Waals surface area contributed by atoms with Crippen molar-refractivity contribution in [2.75, 3.05) is 10.6 Å². The van der Waals surface area contributed by atoms with Gasteiger partial charge in [0.05, 0.1) is 5.25 Å². The number of fused-ring (bicyclic) bond motifs is 1. The highest BCUT2D eigenvalue weighted by molar-refractivity contribution is 8.00. The molecular formula is C34H29ClN4O3S.